The van der Waals surface area contributed by atoms with Gasteiger partial charge in [-0.3, -0.25) is 4.79 Å². The first-order chi connectivity index (χ1) is 12.1. The quantitative estimate of drug-likeness (QED) is 0.792. The first-order valence-corrected chi connectivity index (χ1v) is 8.02. The number of aryl methyl sites for hydroxylation is 1. The summed E-state index contributed by atoms with van der Waals surface area (Å²) in [5.74, 6) is 3.19. The first kappa shape index (κ1) is 15.4. The van der Waals surface area contributed by atoms with Crippen LogP contribution in [0.1, 0.15) is 22.6 Å². The summed E-state index contributed by atoms with van der Waals surface area (Å²) >= 11 is 0. The standard InChI is InChI=1S/C19H17N3O3/c1-11-3-8-16(25-11)19-20-15(14-10-17(23)21-18(14)22-19)9-12-4-6-13(24-2)7-5-12/h3-8H,9-10H2,1-2H3,(H,20,21,22,23). The molecule has 0 saturated carbocycles. The van der Waals surface area contributed by atoms with Crippen molar-refractivity contribution in [2.24, 2.45) is 0 Å². The molecule has 0 fully saturated rings. The topological polar surface area (TPSA) is 77.2 Å². The van der Waals surface area contributed by atoms with Crippen molar-refractivity contribution in [2.75, 3.05) is 12.4 Å². The van der Waals surface area contributed by atoms with Gasteiger partial charge < -0.3 is 14.5 Å². The maximum absolute atomic E-state index is 11.8. The Morgan fingerprint density at radius 2 is 1.96 bits per heavy atom. The molecule has 1 amide bonds. The number of carbonyl (C=O) groups is 1. The molecule has 6 heteroatoms. The summed E-state index contributed by atoms with van der Waals surface area (Å²) < 4.78 is 10.8. The summed E-state index contributed by atoms with van der Waals surface area (Å²) in [6.45, 7) is 1.87. The average molecular weight is 335 g/mol. The summed E-state index contributed by atoms with van der Waals surface area (Å²) in [6.07, 6.45) is 0.911. The SMILES string of the molecule is COc1ccc(Cc2nc(-c3ccc(C)o3)nc3c2CC(=O)N3)cc1. The van der Waals surface area contributed by atoms with Crippen LogP contribution >= 0.6 is 0 Å². The highest BCUT2D eigenvalue weighted by molar-refractivity contribution is 5.98. The van der Waals surface area contributed by atoms with E-state index in [-0.39, 0.29) is 5.91 Å². The fourth-order valence-corrected chi connectivity index (χ4v) is 2.90. The van der Waals surface area contributed by atoms with E-state index in [2.05, 4.69) is 15.3 Å². The van der Waals surface area contributed by atoms with Gasteiger partial charge >= 0.3 is 0 Å². The third-order valence-electron chi connectivity index (χ3n) is 4.18. The number of rotatable bonds is 4. The van der Waals surface area contributed by atoms with Crippen molar-refractivity contribution in [1.82, 2.24) is 9.97 Å². The van der Waals surface area contributed by atoms with E-state index in [0.29, 0.717) is 30.2 Å². The Balaban J connectivity index is 1.74. The molecule has 3 aromatic rings. The predicted molar refractivity (Wildman–Crippen MR) is 92.6 cm³/mol. The Morgan fingerprint density at radius 1 is 1.16 bits per heavy atom. The fourth-order valence-electron chi connectivity index (χ4n) is 2.90. The van der Waals surface area contributed by atoms with Crippen molar-refractivity contribution in [3.05, 3.63) is 59.0 Å². The molecule has 1 N–H and O–H groups in total. The second kappa shape index (κ2) is 6.05. The van der Waals surface area contributed by atoms with Crippen LogP contribution in [0.25, 0.3) is 11.6 Å². The molecule has 0 aliphatic carbocycles. The van der Waals surface area contributed by atoms with Gasteiger partial charge in [-0.2, -0.15) is 0 Å². The van der Waals surface area contributed by atoms with Crippen molar-refractivity contribution >= 4 is 11.7 Å². The normalized spacial score (nSPS) is 12.8. The van der Waals surface area contributed by atoms with Gasteiger partial charge in [0.1, 0.15) is 17.3 Å². The van der Waals surface area contributed by atoms with E-state index in [0.717, 1.165) is 28.3 Å². The number of methoxy groups -OCH3 is 1. The Morgan fingerprint density at radius 3 is 2.64 bits per heavy atom. The monoisotopic (exact) mass is 335 g/mol. The van der Waals surface area contributed by atoms with Crippen molar-refractivity contribution < 1.29 is 13.9 Å². The average Bonchev–Trinajstić information content (AvgIpc) is 3.20. The van der Waals surface area contributed by atoms with Gasteiger partial charge in [0, 0.05) is 12.0 Å². The largest absolute Gasteiger partial charge is 0.497 e. The van der Waals surface area contributed by atoms with Gasteiger partial charge in [-0.1, -0.05) is 12.1 Å². The maximum atomic E-state index is 11.8. The minimum absolute atomic E-state index is 0.0620. The highest BCUT2D eigenvalue weighted by Gasteiger charge is 2.25. The Labute approximate surface area is 144 Å². The molecule has 0 saturated heterocycles. The molecule has 2 aromatic heterocycles. The van der Waals surface area contributed by atoms with E-state index in [1.165, 1.54) is 0 Å². The van der Waals surface area contributed by atoms with Crippen LogP contribution in [0.3, 0.4) is 0 Å². The predicted octanol–water partition coefficient (Wildman–Crippen LogP) is 3.14. The first-order valence-electron chi connectivity index (χ1n) is 8.02. The highest BCUT2D eigenvalue weighted by Crippen LogP contribution is 2.29. The molecular weight excluding hydrogens is 318 g/mol. The van der Waals surface area contributed by atoms with Crippen LogP contribution in [-0.2, 0) is 17.6 Å². The molecule has 0 unspecified atom stereocenters. The number of hydrogen-bond donors (Lipinski definition) is 1. The smallest absolute Gasteiger partial charge is 0.230 e. The molecule has 3 heterocycles. The van der Waals surface area contributed by atoms with Crippen LogP contribution in [0.5, 0.6) is 5.75 Å². The molecule has 0 atom stereocenters. The number of carbonyl (C=O) groups excluding carboxylic acids is 1. The number of ether oxygens (including phenoxy) is 1. The Kier molecular flexibility index (Phi) is 3.72. The fraction of sp³-hybridized carbons (Fsp3) is 0.211. The van der Waals surface area contributed by atoms with Crippen LogP contribution in [-0.4, -0.2) is 23.0 Å². The van der Waals surface area contributed by atoms with Crippen LogP contribution in [0.2, 0.25) is 0 Å². The van der Waals surface area contributed by atoms with Gasteiger partial charge in [0.15, 0.2) is 11.6 Å². The maximum Gasteiger partial charge on any atom is 0.230 e. The lowest BCUT2D eigenvalue weighted by atomic mass is 10.0. The van der Waals surface area contributed by atoms with E-state index in [1.54, 1.807) is 7.11 Å². The Hall–Kier alpha value is -3.15. The lowest BCUT2D eigenvalue weighted by molar-refractivity contribution is -0.115. The molecule has 0 radical (unpaired) electrons. The second-order valence-electron chi connectivity index (χ2n) is 5.98. The summed E-state index contributed by atoms with van der Waals surface area (Å²) in [4.78, 5) is 21.0. The van der Waals surface area contributed by atoms with E-state index in [1.807, 2.05) is 43.3 Å². The zero-order valence-electron chi connectivity index (χ0n) is 14.0. The van der Waals surface area contributed by atoms with Gasteiger partial charge in [-0.15, -0.1) is 0 Å². The lowest BCUT2D eigenvalue weighted by Crippen LogP contribution is -2.04. The van der Waals surface area contributed by atoms with Gasteiger partial charge in [0.25, 0.3) is 0 Å². The van der Waals surface area contributed by atoms with Gasteiger partial charge in [-0.05, 0) is 36.8 Å². The van der Waals surface area contributed by atoms with Crippen molar-refractivity contribution in [3.8, 4) is 17.3 Å². The molecule has 1 aliphatic rings. The molecule has 6 nitrogen and oxygen atoms in total. The second-order valence-corrected chi connectivity index (χ2v) is 5.98. The summed E-state index contributed by atoms with van der Waals surface area (Å²) in [7, 11) is 1.64. The number of aromatic nitrogens is 2. The number of furan rings is 1. The van der Waals surface area contributed by atoms with E-state index in [9.17, 15) is 4.79 Å². The minimum atomic E-state index is -0.0620. The van der Waals surface area contributed by atoms with Crippen molar-refractivity contribution in [2.45, 2.75) is 19.8 Å². The third-order valence-corrected chi connectivity index (χ3v) is 4.18. The van der Waals surface area contributed by atoms with Crippen molar-refractivity contribution in [1.29, 1.82) is 0 Å². The van der Waals surface area contributed by atoms with Crippen LogP contribution < -0.4 is 10.1 Å². The van der Waals surface area contributed by atoms with Crippen LogP contribution in [0, 0.1) is 6.92 Å². The summed E-state index contributed by atoms with van der Waals surface area (Å²) in [6, 6.07) is 11.5. The summed E-state index contributed by atoms with van der Waals surface area (Å²) in [5, 5.41) is 2.81. The van der Waals surface area contributed by atoms with E-state index in [4.69, 9.17) is 9.15 Å². The van der Waals surface area contributed by atoms with E-state index >= 15 is 0 Å². The molecule has 0 bridgehead atoms. The van der Waals surface area contributed by atoms with Gasteiger partial charge in [-0.25, -0.2) is 9.97 Å². The molecular formula is C19H17N3O3. The molecule has 0 spiro atoms. The number of nitrogens with zero attached hydrogens (tertiary/aromatic N) is 2. The number of hydrogen-bond acceptors (Lipinski definition) is 5. The number of amides is 1. The lowest BCUT2D eigenvalue weighted by Gasteiger charge is -2.09. The third kappa shape index (κ3) is 2.98. The molecule has 25 heavy (non-hydrogen) atoms. The molecule has 1 aliphatic heterocycles. The molecule has 4 rings (SSSR count). The minimum Gasteiger partial charge on any atom is -0.497 e. The highest BCUT2D eigenvalue weighted by atomic mass is 16.5. The van der Waals surface area contributed by atoms with Crippen molar-refractivity contribution in [3.63, 3.8) is 0 Å². The Bertz CT molecular complexity index is 945. The van der Waals surface area contributed by atoms with Crippen LogP contribution in [0.4, 0.5) is 5.82 Å². The number of anilines is 1. The van der Waals surface area contributed by atoms with Gasteiger partial charge in [0.05, 0.1) is 19.2 Å². The van der Waals surface area contributed by atoms with Crippen LogP contribution in [0.15, 0.2) is 40.8 Å². The molecule has 1 aromatic carbocycles. The summed E-state index contributed by atoms with van der Waals surface area (Å²) in [5.41, 5.74) is 2.77. The molecule has 126 valence electrons. The zero-order chi connectivity index (χ0) is 17.4. The zero-order valence-corrected chi connectivity index (χ0v) is 14.0. The number of nitrogens with one attached hydrogen (secondary N) is 1. The van der Waals surface area contributed by atoms with E-state index < -0.39 is 0 Å². The number of fused-ring (bicyclic) bond motifs is 1. The van der Waals surface area contributed by atoms with Gasteiger partial charge in [0.2, 0.25) is 5.91 Å². The number of benzene rings is 1.